The van der Waals surface area contributed by atoms with Crippen LogP contribution in [0.1, 0.15) is 17.0 Å². The number of carbonyl (C=O) groups is 2. The van der Waals surface area contributed by atoms with Crippen LogP contribution in [0.5, 0.6) is 0 Å². The third-order valence-corrected chi connectivity index (χ3v) is 4.38. The molecule has 3 rings (SSSR count). The van der Waals surface area contributed by atoms with E-state index in [0.29, 0.717) is 0 Å². The molecule has 3 heteroatoms. The van der Waals surface area contributed by atoms with Crippen molar-refractivity contribution >= 4 is 27.5 Å². The normalized spacial score (nSPS) is 31.9. The first-order chi connectivity index (χ1) is 7.15. The Morgan fingerprint density at radius 2 is 1.87 bits per heavy atom. The lowest BCUT2D eigenvalue weighted by molar-refractivity contribution is -0.126. The summed E-state index contributed by atoms with van der Waals surface area (Å²) in [5.74, 6) is -0.359. The van der Waals surface area contributed by atoms with Gasteiger partial charge in [-0.15, -0.1) is 0 Å². The molecule has 1 aromatic carbocycles. The molecule has 74 valence electrons. The Morgan fingerprint density at radius 1 is 1.13 bits per heavy atom. The quantitative estimate of drug-likeness (QED) is 0.671. The molecule has 1 aromatic rings. The molecule has 0 heterocycles. The van der Waals surface area contributed by atoms with Gasteiger partial charge in [0.05, 0.1) is 5.92 Å². The summed E-state index contributed by atoms with van der Waals surface area (Å²) in [6.45, 7) is 0. The van der Waals surface area contributed by atoms with Gasteiger partial charge in [0.2, 0.25) is 0 Å². The van der Waals surface area contributed by atoms with E-state index in [1.807, 2.05) is 24.3 Å². The summed E-state index contributed by atoms with van der Waals surface area (Å²) in [6, 6.07) is 7.57. The van der Waals surface area contributed by atoms with Gasteiger partial charge in [-0.25, -0.2) is 0 Å². The molecule has 2 atom stereocenters. The standard InChI is InChI=1S/C12H7BrO2/c13-12-8-4-2-1-3-7(8)11(12)9(14)5-6-10(12)15/h1-6,11H. The van der Waals surface area contributed by atoms with Gasteiger partial charge in [0, 0.05) is 0 Å². The number of ketones is 2. The maximum absolute atomic E-state index is 11.8. The van der Waals surface area contributed by atoms with Crippen LogP contribution in [0.2, 0.25) is 0 Å². The van der Waals surface area contributed by atoms with E-state index in [2.05, 4.69) is 15.9 Å². The Kier molecular flexibility index (Phi) is 1.61. The first-order valence-corrected chi connectivity index (χ1v) is 5.49. The van der Waals surface area contributed by atoms with Crippen LogP contribution in [0.25, 0.3) is 0 Å². The molecule has 2 unspecified atom stereocenters. The Hall–Kier alpha value is -1.22. The third-order valence-electron chi connectivity index (χ3n) is 3.10. The van der Waals surface area contributed by atoms with E-state index in [9.17, 15) is 9.59 Å². The van der Waals surface area contributed by atoms with Crippen LogP contribution in [0.15, 0.2) is 36.4 Å². The van der Waals surface area contributed by atoms with E-state index in [0.717, 1.165) is 11.1 Å². The lowest BCUT2D eigenvalue weighted by Crippen LogP contribution is -2.49. The maximum atomic E-state index is 11.8. The molecule has 2 aliphatic rings. The summed E-state index contributed by atoms with van der Waals surface area (Å²) >= 11 is 3.43. The highest BCUT2D eigenvalue weighted by Gasteiger charge is 2.58. The largest absolute Gasteiger partial charge is 0.294 e. The second-order valence-corrected chi connectivity index (χ2v) is 5.08. The number of alkyl halides is 1. The molecule has 0 spiro atoms. The summed E-state index contributed by atoms with van der Waals surface area (Å²) in [7, 11) is 0. The third kappa shape index (κ3) is 0.893. The van der Waals surface area contributed by atoms with Crippen molar-refractivity contribution in [3.05, 3.63) is 47.5 Å². The smallest absolute Gasteiger partial charge is 0.178 e. The summed E-state index contributed by atoms with van der Waals surface area (Å²) in [4.78, 5) is 23.5. The van der Waals surface area contributed by atoms with Gasteiger partial charge in [0.1, 0.15) is 4.32 Å². The minimum absolute atomic E-state index is 0.00479. The lowest BCUT2D eigenvalue weighted by Gasteiger charge is -2.45. The van der Waals surface area contributed by atoms with E-state index in [-0.39, 0.29) is 17.5 Å². The first kappa shape index (κ1) is 9.04. The highest BCUT2D eigenvalue weighted by atomic mass is 79.9. The number of rotatable bonds is 0. The van der Waals surface area contributed by atoms with Gasteiger partial charge in [0.25, 0.3) is 0 Å². The van der Waals surface area contributed by atoms with Gasteiger partial charge < -0.3 is 0 Å². The number of hydrogen-bond acceptors (Lipinski definition) is 2. The molecule has 15 heavy (non-hydrogen) atoms. The zero-order valence-electron chi connectivity index (χ0n) is 7.74. The Bertz CT molecular complexity index is 518. The van der Waals surface area contributed by atoms with Gasteiger partial charge in [-0.2, -0.15) is 0 Å². The van der Waals surface area contributed by atoms with Gasteiger partial charge in [0.15, 0.2) is 11.6 Å². The van der Waals surface area contributed by atoms with Gasteiger partial charge in [-0.1, -0.05) is 40.2 Å². The second-order valence-electron chi connectivity index (χ2n) is 3.83. The van der Waals surface area contributed by atoms with E-state index in [4.69, 9.17) is 0 Å². The molecule has 0 aliphatic heterocycles. The predicted molar refractivity (Wildman–Crippen MR) is 58.9 cm³/mol. The summed E-state index contributed by atoms with van der Waals surface area (Å²) in [5.41, 5.74) is 1.90. The molecular formula is C12H7BrO2. The van der Waals surface area contributed by atoms with Gasteiger partial charge in [-0.05, 0) is 23.3 Å². The van der Waals surface area contributed by atoms with Crippen LogP contribution in [-0.4, -0.2) is 11.6 Å². The minimum Gasteiger partial charge on any atom is -0.294 e. The average Bonchev–Trinajstić information content (AvgIpc) is 2.23. The Morgan fingerprint density at radius 3 is 2.67 bits per heavy atom. The summed E-state index contributed by atoms with van der Waals surface area (Å²) < 4.78 is -0.782. The minimum atomic E-state index is -0.782. The SMILES string of the molecule is O=C1C=CC(=O)C2(Br)c3ccccc3C12. The van der Waals surface area contributed by atoms with Crippen molar-refractivity contribution in [2.45, 2.75) is 10.2 Å². The zero-order valence-corrected chi connectivity index (χ0v) is 9.32. The average molecular weight is 263 g/mol. The number of fused-ring (bicyclic) bond motifs is 4. The fourth-order valence-electron chi connectivity index (χ4n) is 2.37. The molecule has 0 fully saturated rings. The first-order valence-electron chi connectivity index (χ1n) is 4.70. The number of hydrogen-bond donors (Lipinski definition) is 0. The van der Waals surface area contributed by atoms with E-state index < -0.39 is 4.32 Å². The van der Waals surface area contributed by atoms with E-state index >= 15 is 0 Å². The van der Waals surface area contributed by atoms with Crippen molar-refractivity contribution in [2.75, 3.05) is 0 Å². The van der Waals surface area contributed by atoms with E-state index in [1.165, 1.54) is 12.2 Å². The molecule has 0 N–H and O–H groups in total. The fraction of sp³-hybridized carbons (Fsp3) is 0.167. The van der Waals surface area contributed by atoms with Crippen LogP contribution < -0.4 is 0 Å². The monoisotopic (exact) mass is 262 g/mol. The second kappa shape index (κ2) is 2.67. The molecule has 0 amide bonds. The highest BCUT2D eigenvalue weighted by molar-refractivity contribution is 9.10. The van der Waals surface area contributed by atoms with Crippen LogP contribution in [-0.2, 0) is 13.9 Å². The topological polar surface area (TPSA) is 34.1 Å². The molecule has 0 aromatic heterocycles. The highest BCUT2D eigenvalue weighted by Crippen LogP contribution is 2.58. The summed E-state index contributed by atoms with van der Waals surface area (Å²) in [6.07, 6.45) is 2.74. The molecule has 0 saturated carbocycles. The lowest BCUT2D eigenvalue weighted by atomic mass is 9.62. The van der Waals surface area contributed by atoms with Crippen LogP contribution in [0.4, 0.5) is 0 Å². The summed E-state index contributed by atoms with van der Waals surface area (Å²) in [5, 5.41) is 0. The van der Waals surface area contributed by atoms with Crippen LogP contribution >= 0.6 is 15.9 Å². The maximum Gasteiger partial charge on any atom is 0.178 e. The molecule has 0 saturated heterocycles. The van der Waals surface area contributed by atoms with Crippen molar-refractivity contribution in [1.82, 2.24) is 0 Å². The molecule has 2 aliphatic carbocycles. The van der Waals surface area contributed by atoms with Crippen LogP contribution in [0.3, 0.4) is 0 Å². The number of halogens is 1. The number of carbonyl (C=O) groups excluding carboxylic acids is 2. The van der Waals surface area contributed by atoms with Crippen molar-refractivity contribution in [3.63, 3.8) is 0 Å². The van der Waals surface area contributed by atoms with Crippen molar-refractivity contribution in [2.24, 2.45) is 0 Å². The van der Waals surface area contributed by atoms with Gasteiger partial charge in [-0.3, -0.25) is 9.59 Å². The molecule has 0 bridgehead atoms. The van der Waals surface area contributed by atoms with Crippen LogP contribution in [0, 0.1) is 0 Å². The molecule has 0 radical (unpaired) electrons. The van der Waals surface area contributed by atoms with E-state index in [1.54, 1.807) is 0 Å². The van der Waals surface area contributed by atoms with Crippen molar-refractivity contribution in [1.29, 1.82) is 0 Å². The fourth-order valence-corrected chi connectivity index (χ4v) is 3.34. The molecule has 2 nitrogen and oxygen atoms in total. The Labute approximate surface area is 95.1 Å². The van der Waals surface area contributed by atoms with Gasteiger partial charge >= 0.3 is 0 Å². The zero-order chi connectivity index (χ0) is 10.6. The number of allylic oxidation sites excluding steroid dienone is 2. The molecular weight excluding hydrogens is 256 g/mol. The van der Waals surface area contributed by atoms with Crippen molar-refractivity contribution in [3.8, 4) is 0 Å². The number of benzene rings is 1. The Balaban J connectivity index is 2.28. The predicted octanol–water partition coefficient (Wildman–Crippen LogP) is 2.08. The van der Waals surface area contributed by atoms with Crippen molar-refractivity contribution < 1.29 is 9.59 Å².